The number of anilines is 1. The molecule has 1 saturated carbocycles. The zero-order valence-corrected chi connectivity index (χ0v) is 24.1. The Balaban J connectivity index is 1.50. The number of hydrogen-bond acceptors (Lipinski definition) is 6. The lowest BCUT2D eigenvalue weighted by molar-refractivity contribution is 0.243. The minimum atomic E-state index is -1.94. The summed E-state index contributed by atoms with van der Waals surface area (Å²) in [5.74, 6) is 0.345. The number of benzene rings is 2. The summed E-state index contributed by atoms with van der Waals surface area (Å²) in [5, 5.41) is 8.54. The Hall–Kier alpha value is -1.99. The van der Waals surface area contributed by atoms with E-state index in [0.29, 0.717) is 42.6 Å². The molecule has 2 unspecified atom stereocenters. The van der Waals surface area contributed by atoms with E-state index in [4.69, 9.17) is 16.3 Å². The Labute approximate surface area is 236 Å². The fourth-order valence-corrected chi connectivity index (χ4v) is 5.75. The zero-order valence-electron chi connectivity index (χ0n) is 20.3. The van der Waals surface area contributed by atoms with Crippen LogP contribution in [0.4, 0.5) is 5.69 Å². The number of hydrogen-bond donors (Lipinski definition) is 2. The maximum absolute atomic E-state index is 13.7. The van der Waals surface area contributed by atoms with Crippen LogP contribution in [0.25, 0.3) is 5.69 Å². The second-order valence-corrected chi connectivity index (χ2v) is 12.5. The lowest BCUT2D eigenvalue weighted by Gasteiger charge is -2.36. The third-order valence-electron chi connectivity index (χ3n) is 6.91. The van der Waals surface area contributed by atoms with Crippen molar-refractivity contribution in [2.45, 2.75) is 31.6 Å². The van der Waals surface area contributed by atoms with E-state index >= 15 is 0 Å². The molecule has 2 N–H and O–H groups in total. The molecule has 1 aromatic heterocycles. The maximum Gasteiger partial charge on any atom is 0.316 e. The highest BCUT2D eigenvalue weighted by Crippen LogP contribution is 2.45. The molecule has 1 saturated heterocycles. The van der Waals surface area contributed by atoms with Crippen LogP contribution in [0.2, 0.25) is 5.02 Å². The maximum atomic E-state index is 13.7. The molecule has 2 fully saturated rings. The van der Waals surface area contributed by atoms with Crippen LogP contribution in [-0.2, 0) is 16.8 Å². The van der Waals surface area contributed by atoms with Crippen LogP contribution in [0.15, 0.2) is 53.5 Å². The van der Waals surface area contributed by atoms with Crippen molar-refractivity contribution in [2.75, 3.05) is 31.1 Å². The van der Waals surface area contributed by atoms with Crippen molar-refractivity contribution < 1.29 is 13.5 Å². The van der Waals surface area contributed by atoms with Crippen molar-refractivity contribution in [3.05, 3.63) is 78.7 Å². The Morgan fingerprint density at radius 2 is 2.11 bits per heavy atom. The van der Waals surface area contributed by atoms with Crippen LogP contribution < -0.4 is 20.5 Å². The van der Waals surface area contributed by atoms with Crippen LogP contribution in [0.5, 0.6) is 5.75 Å². The van der Waals surface area contributed by atoms with Gasteiger partial charge in [0.05, 0.1) is 30.3 Å². The minimum Gasteiger partial charge on any atom is -0.486 e. The van der Waals surface area contributed by atoms with E-state index in [1.54, 1.807) is 30.5 Å². The highest BCUT2D eigenvalue weighted by molar-refractivity contribution is 14.1. The van der Waals surface area contributed by atoms with Gasteiger partial charge in [-0.15, -0.1) is 0 Å². The summed E-state index contributed by atoms with van der Waals surface area (Å²) in [4.78, 5) is 15.8. The van der Waals surface area contributed by atoms with Crippen LogP contribution >= 0.6 is 34.2 Å². The first kappa shape index (κ1) is 26.6. The van der Waals surface area contributed by atoms with Gasteiger partial charge in [0.1, 0.15) is 5.69 Å². The Kier molecular flexibility index (Phi) is 7.92. The van der Waals surface area contributed by atoms with E-state index in [1.165, 1.54) is 4.68 Å². The van der Waals surface area contributed by atoms with Gasteiger partial charge < -0.3 is 19.5 Å². The normalized spacial score (nSPS) is 19.5. The second kappa shape index (κ2) is 11.0. The van der Waals surface area contributed by atoms with Gasteiger partial charge in [-0.2, -0.15) is 9.78 Å². The molecule has 0 bridgehead atoms. The Morgan fingerprint density at radius 3 is 2.84 bits per heavy atom. The molecule has 37 heavy (non-hydrogen) atoms. The number of halogens is 2. The molecular formula is C26H28ClIN4O4S. The van der Waals surface area contributed by atoms with Crippen molar-refractivity contribution in [1.82, 2.24) is 15.1 Å². The second-order valence-electron chi connectivity index (χ2n) is 9.92. The summed E-state index contributed by atoms with van der Waals surface area (Å²) < 4.78 is 29.7. The molecule has 2 aromatic carbocycles. The predicted molar refractivity (Wildman–Crippen MR) is 154 cm³/mol. The molecule has 2 atom stereocenters. The topological polar surface area (TPSA) is 96.7 Å². The first-order chi connectivity index (χ1) is 17.7. The van der Waals surface area contributed by atoms with E-state index in [0.717, 1.165) is 27.5 Å². The number of piperazine rings is 1. The van der Waals surface area contributed by atoms with Crippen molar-refractivity contribution in [3.63, 3.8) is 0 Å². The van der Waals surface area contributed by atoms with Crippen LogP contribution in [0, 0.1) is 8.99 Å². The van der Waals surface area contributed by atoms with Gasteiger partial charge in [0.25, 0.3) is 0 Å². The smallest absolute Gasteiger partial charge is 0.316 e. The molecular weight excluding hydrogens is 627 g/mol. The van der Waals surface area contributed by atoms with Gasteiger partial charge in [0.2, 0.25) is 5.75 Å². The monoisotopic (exact) mass is 654 g/mol. The quantitative estimate of drug-likeness (QED) is 0.272. The summed E-state index contributed by atoms with van der Waals surface area (Å²) in [6.07, 6.45) is 3.84. The van der Waals surface area contributed by atoms with E-state index in [-0.39, 0.29) is 28.5 Å². The molecule has 5 rings (SSSR count). The number of ether oxygens (including phenoxy) is 1. The number of aromatic nitrogens is 2. The van der Waals surface area contributed by atoms with Crippen molar-refractivity contribution in [1.29, 1.82) is 0 Å². The van der Waals surface area contributed by atoms with E-state index in [2.05, 4.69) is 44.8 Å². The summed E-state index contributed by atoms with van der Waals surface area (Å²) in [6.45, 7) is 4.52. The SMILES string of the molecule is CC1(COc2c(N3CCNC(c4cc(I)ccc4CS(=O)O)C3)cnn(-c3cccc(Cl)c3)c2=O)CC1. The van der Waals surface area contributed by atoms with Crippen LogP contribution in [0.3, 0.4) is 0 Å². The first-order valence-corrected chi connectivity index (χ1v) is 14.8. The lowest BCUT2D eigenvalue weighted by Crippen LogP contribution is -2.47. The molecule has 8 nitrogen and oxygen atoms in total. The van der Waals surface area contributed by atoms with E-state index in [9.17, 15) is 13.6 Å². The van der Waals surface area contributed by atoms with Gasteiger partial charge in [-0.05, 0) is 76.9 Å². The number of nitrogens with one attached hydrogen (secondary N) is 1. The molecule has 2 aliphatic rings. The summed E-state index contributed by atoms with van der Waals surface area (Å²) in [7, 11) is 0. The molecule has 0 spiro atoms. The van der Waals surface area contributed by atoms with Gasteiger partial charge >= 0.3 is 5.56 Å². The largest absolute Gasteiger partial charge is 0.486 e. The number of rotatable bonds is 8. The highest BCUT2D eigenvalue weighted by atomic mass is 127. The molecule has 1 aliphatic heterocycles. The molecule has 0 radical (unpaired) electrons. The average Bonchev–Trinajstić information content (AvgIpc) is 3.61. The van der Waals surface area contributed by atoms with Gasteiger partial charge in [-0.3, -0.25) is 4.79 Å². The minimum absolute atomic E-state index is 0.0641. The van der Waals surface area contributed by atoms with Crippen LogP contribution in [-0.4, -0.2) is 44.8 Å². The average molecular weight is 655 g/mol. The molecule has 3 aromatic rings. The number of nitrogens with zero attached hydrogens (tertiary/aromatic N) is 3. The third kappa shape index (κ3) is 6.19. The predicted octanol–water partition coefficient (Wildman–Crippen LogP) is 4.54. The standard InChI is InChI=1S/C26H28ClIN4O4S/c1-26(7-8-26)16-36-24-23(13-30-32(25(24)33)20-4-2-3-18(27)11-20)31-10-9-29-22(14-31)21-12-19(28)6-5-17(21)15-37(34)35/h2-6,11-13,22,29H,7-10,14-16H2,1H3,(H,34,35). The molecule has 0 amide bonds. The van der Waals surface area contributed by atoms with Gasteiger partial charge in [0.15, 0.2) is 11.1 Å². The summed E-state index contributed by atoms with van der Waals surface area (Å²) in [5.41, 5.74) is 2.79. The van der Waals surface area contributed by atoms with Gasteiger partial charge in [-0.1, -0.05) is 30.7 Å². The Bertz CT molecular complexity index is 1400. The Morgan fingerprint density at radius 1 is 1.30 bits per heavy atom. The molecule has 196 valence electrons. The van der Waals surface area contributed by atoms with Crippen LogP contribution in [0.1, 0.15) is 36.9 Å². The fraction of sp³-hybridized carbons (Fsp3) is 0.385. The van der Waals surface area contributed by atoms with E-state index in [1.807, 2.05) is 18.2 Å². The third-order valence-corrected chi connectivity index (χ3v) is 8.38. The molecule has 11 heteroatoms. The first-order valence-electron chi connectivity index (χ1n) is 12.1. The van der Waals surface area contributed by atoms with Crippen molar-refractivity contribution in [2.24, 2.45) is 5.41 Å². The zero-order chi connectivity index (χ0) is 26.2. The van der Waals surface area contributed by atoms with Crippen molar-refractivity contribution in [3.8, 4) is 11.4 Å². The summed E-state index contributed by atoms with van der Waals surface area (Å²) >= 11 is 6.48. The van der Waals surface area contributed by atoms with Gasteiger partial charge in [0, 0.05) is 33.6 Å². The van der Waals surface area contributed by atoms with Crippen molar-refractivity contribution >= 4 is 51.0 Å². The van der Waals surface area contributed by atoms with E-state index < -0.39 is 11.1 Å². The molecule has 2 heterocycles. The van der Waals surface area contributed by atoms with Gasteiger partial charge in [-0.25, -0.2) is 4.21 Å². The summed E-state index contributed by atoms with van der Waals surface area (Å²) in [6, 6.07) is 12.8. The highest BCUT2D eigenvalue weighted by Gasteiger charge is 2.39. The molecule has 1 aliphatic carbocycles. The lowest BCUT2D eigenvalue weighted by atomic mass is 9.99. The fourth-order valence-electron chi connectivity index (χ4n) is 4.52.